The van der Waals surface area contributed by atoms with E-state index in [0.29, 0.717) is 0 Å². The van der Waals surface area contributed by atoms with Crippen LogP contribution in [0.2, 0.25) is 0 Å². The van der Waals surface area contributed by atoms with Gasteiger partial charge in [0.15, 0.2) is 0 Å². The molecule has 1 unspecified atom stereocenters. The monoisotopic (exact) mass is 173 g/mol. The first-order valence-electron chi connectivity index (χ1n) is 4.36. The number of fused-ring (bicyclic) bond motifs is 1. The van der Waals surface area contributed by atoms with Crippen LogP contribution in [0, 0.1) is 0 Å². The van der Waals surface area contributed by atoms with Crippen LogP contribution >= 0.6 is 0 Å². The van der Waals surface area contributed by atoms with Gasteiger partial charge in [0.2, 0.25) is 0 Å². The van der Waals surface area contributed by atoms with Gasteiger partial charge in [0, 0.05) is 0 Å². The van der Waals surface area contributed by atoms with E-state index in [4.69, 9.17) is 0 Å². The van der Waals surface area contributed by atoms with Gasteiger partial charge in [-0.1, -0.05) is 24.3 Å². The lowest BCUT2D eigenvalue weighted by Gasteiger charge is -2.08. The Kier molecular flexibility index (Phi) is 2.13. The fourth-order valence-corrected chi connectivity index (χ4v) is 1.53. The molecule has 1 heterocycles. The standard InChI is InChI=1S/C11H11NO/c13-8-11-7-10-4-2-1-3-9(10)5-6-12-11/h1-6,8,11-12H,7H2. The first kappa shape index (κ1) is 8.05. The molecule has 1 aliphatic heterocycles. The number of hydrogen-bond donors (Lipinski definition) is 1. The van der Waals surface area contributed by atoms with E-state index in [1.807, 2.05) is 24.4 Å². The topological polar surface area (TPSA) is 29.1 Å². The molecule has 1 aromatic rings. The maximum Gasteiger partial charge on any atom is 0.142 e. The molecular formula is C11H11NO. The molecule has 1 aromatic carbocycles. The highest BCUT2D eigenvalue weighted by Crippen LogP contribution is 2.14. The van der Waals surface area contributed by atoms with Crippen molar-refractivity contribution in [1.29, 1.82) is 0 Å². The lowest BCUT2D eigenvalue weighted by atomic mass is 10.0. The third-order valence-corrected chi connectivity index (χ3v) is 2.23. The Labute approximate surface area is 77.3 Å². The quantitative estimate of drug-likeness (QED) is 0.650. The summed E-state index contributed by atoms with van der Waals surface area (Å²) in [5, 5.41) is 3.03. The van der Waals surface area contributed by atoms with Crippen LogP contribution in [-0.4, -0.2) is 12.3 Å². The van der Waals surface area contributed by atoms with Crippen LogP contribution in [0.25, 0.3) is 6.08 Å². The van der Waals surface area contributed by atoms with E-state index in [2.05, 4.69) is 17.4 Å². The highest BCUT2D eigenvalue weighted by molar-refractivity contribution is 5.63. The summed E-state index contributed by atoms with van der Waals surface area (Å²) in [4.78, 5) is 10.6. The van der Waals surface area contributed by atoms with Gasteiger partial charge in [-0.15, -0.1) is 0 Å². The molecule has 2 rings (SSSR count). The van der Waals surface area contributed by atoms with Crippen LogP contribution in [0.5, 0.6) is 0 Å². The first-order valence-corrected chi connectivity index (χ1v) is 4.36. The number of rotatable bonds is 1. The maximum absolute atomic E-state index is 10.6. The highest BCUT2D eigenvalue weighted by atomic mass is 16.1. The van der Waals surface area contributed by atoms with Gasteiger partial charge in [0.05, 0.1) is 6.04 Å². The SMILES string of the molecule is O=CC1Cc2ccccc2C=CN1. The molecule has 13 heavy (non-hydrogen) atoms. The molecule has 66 valence electrons. The van der Waals surface area contributed by atoms with Gasteiger partial charge >= 0.3 is 0 Å². The Morgan fingerprint density at radius 2 is 2.23 bits per heavy atom. The van der Waals surface area contributed by atoms with E-state index in [9.17, 15) is 4.79 Å². The summed E-state index contributed by atoms with van der Waals surface area (Å²) >= 11 is 0. The molecule has 2 nitrogen and oxygen atoms in total. The lowest BCUT2D eigenvalue weighted by Crippen LogP contribution is -2.27. The Hall–Kier alpha value is -1.57. The lowest BCUT2D eigenvalue weighted by molar-refractivity contribution is -0.109. The Balaban J connectivity index is 2.37. The summed E-state index contributed by atoms with van der Waals surface area (Å²) in [5.41, 5.74) is 2.42. The minimum atomic E-state index is -0.0834. The van der Waals surface area contributed by atoms with Crippen molar-refractivity contribution in [3.8, 4) is 0 Å². The molecule has 0 saturated carbocycles. The minimum Gasteiger partial charge on any atom is -0.381 e. The van der Waals surface area contributed by atoms with Crippen LogP contribution < -0.4 is 5.32 Å². The number of hydrogen-bond acceptors (Lipinski definition) is 2. The van der Waals surface area contributed by atoms with Gasteiger partial charge in [0.1, 0.15) is 6.29 Å². The Morgan fingerprint density at radius 3 is 3.08 bits per heavy atom. The van der Waals surface area contributed by atoms with Gasteiger partial charge in [-0.25, -0.2) is 0 Å². The smallest absolute Gasteiger partial charge is 0.142 e. The molecule has 2 heteroatoms. The van der Waals surface area contributed by atoms with E-state index >= 15 is 0 Å². The molecule has 0 aliphatic carbocycles. The van der Waals surface area contributed by atoms with Crippen LogP contribution in [0.15, 0.2) is 30.5 Å². The van der Waals surface area contributed by atoms with Gasteiger partial charge in [0.25, 0.3) is 0 Å². The average Bonchev–Trinajstić information content (AvgIpc) is 2.38. The van der Waals surface area contributed by atoms with Gasteiger partial charge in [-0.2, -0.15) is 0 Å². The van der Waals surface area contributed by atoms with Crippen molar-refractivity contribution in [2.24, 2.45) is 0 Å². The van der Waals surface area contributed by atoms with Crippen LogP contribution in [-0.2, 0) is 11.2 Å². The Morgan fingerprint density at radius 1 is 1.38 bits per heavy atom. The fourth-order valence-electron chi connectivity index (χ4n) is 1.53. The van der Waals surface area contributed by atoms with Crippen molar-refractivity contribution < 1.29 is 4.79 Å². The summed E-state index contributed by atoms with van der Waals surface area (Å²) in [6.07, 6.45) is 5.56. The second kappa shape index (κ2) is 3.44. The molecule has 0 aromatic heterocycles. The van der Waals surface area contributed by atoms with Crippen LogP contribution in [0.4, 0.5) is 0 Å². The molecule has 0 radical (unpaired) electrons. The number of carbonyl (C=O) groups is 1. The minimum absolute atomic E-state index is 0.0834. The van der Waals surface area contributed by atoms with E-state index in [0.717, 1.165) is 12.7 Å². The first-order chi connectivity index (χ1) is 6.40. The molecule has 0 amide bonds. The summed E-state index contributed by atoms with van der Waals surface area (Å²) in [6.45, 7) is 0. The van der Waals surface area contributed by atoms with Gasteiger partial charge in [-0.05, 0) is 29.8 Å². The van der Waals surface area contributed by atoms with Crippen molar-refractivity contribution in [3.05, 3.63) is 41.6 Å². The van der Waals surface area contributed by atoms with Crippen molar-refractivity contribution in [2.75, 3.05) is 0 Å². The number of nitrogens with one attached hydrogen (secondary N) is 1. The second-order valence-electron chi connectivity index (χ2n) is 3.15. The molecule has 0 bridgehead atoms. The summed E-state index contributed by atoms with van der Waals surface area (Å²) in [7, 11) is 0. The third kappa shape index (κ3) is 1.61. The van der Waals surface area contributed by atoms with Crippen LogP contribution in [0.1, 0.15) is 11.1 Å². The summed E-state index contributed by atoms with van der Waals surface area (Å²) in [5.74, 6) is 0. The summed E-state index contributed by atoms with van der Waals surface area (Å²) < 4.78 is 0. The highest BCUT2D eigenvalue weighted by Gasteiger charge is 2.10. The van der Waals surface area contributed by atoms with Crippen molar-refractivity contribution in [3.63, 3.8) is 0 Å². The van der Waals surface area contributed by atoms with Crippen molar-refractivity contribution >= 4 is 12.4 Å². The third-order valence-electron chi connectivity index (χ3n) is 2.23. The second-order valence-corrected chi connectivity index (χ2v) is 3.15. The molecule has 1 N–H and O–H groups in total. The molecule has 1 atom stereocenters. The molecular weight excluding hydrogens is 162 g/mol. The summed E-state index contributed by atoms with van der Waals surface area (Å²) in [6, 6.07) is 8.04. The van der Waals surface area contributed by atoms with E-state index in [1.54, 1.807) is 0 Å². The molecule has 0 saturated heterocycles. The van der Waals surface area contributed by atoms with Gasteiger partial charge < -0.3 is 10.1 Å². The van der Waals surface area contributed by atoms with Crippen molar-refractivity contribution in [2.45, 2.75) is 12.5 Å². The zero-order valence-corrected chi connectivity index (χ0v) is 7.23. The van der Waals surface area contributed by atoms with E-state index in [-0.39, 0.29) is 6.04 Å². The van der Waals surface area contributed by atoms with E-state index in [1.165, 1.54) is 11.1 Å². The normalized spacial score (nSPS) is 19.8. The maximum atomic E-state index is 10.6. The molecule has 1 aliphatic rings. The van der Waals surface area contributed by atoms with E-state index < -0.39 is 0 Å². The number of aldehydes is 1. The molecule has 0 spiro atoms. The number of carbonyl (C=O) groups excluding carboxylic acids is 1. The number of benzene rings is 1. The predicted molar refractivity (Wildman–Crippen MR) is 52.2 cm³/mol. The zero-order chi connectivity index (χ0) is 9.10. The Bertz CT molecular complexity index is 344. The molecule has 0 fully saturated rings. The van der Waals surface area contributed by atoms with Gasteiger partial charge in [-0.3, -0.25) is 0 Å². The average molecular weight is 173 g/mol. The fraction of sp³-hybridized carbons (Fsp3) is 0.182. The van der Waals surface area contributed by atoms with Crippen LogP contribution in [0.3, 0.4) is 0 Å². The van der Waals surface area contributed by atoms with Crippen molar-refractivity contribution in [1.82, 2.24) is 5.32 Å². The largest absolute Gasteiger partial charge is 0.381 e. The predicted octanol–water partition coefficient (Wildman–Crippen LogP) is 1.37. The zero-order valence-electron chi connectivity index (χ0n) is 7.23.